The molecule has 146 valence electrons. The number of sulfonamides is 1. The van der Waals surface area contributed by atoms with Crippen molar-refractivity contribution in [2.75, 3.05) is 24.7 Å². The zero-order valence-electron chi connectivity index (χ0n) is 15.8. The number of carbonyl (C=O) groups is 1. The fraction of sp³-hybridized carbons (Fsp3) is 0.316. The number of methoxy groups -OCH3 is 1. The van der Waals surface area contributed by atoms with Gasteiger partial charge in [-0.3, -0.25) is 9.52 Å². The summed E-state index contributed by atoms with van der Waals surface area (Å²) in [5, 5.41) is 2.85. The number of rotatable bonds is 8. The summed E-state index contributed by atoms with van der Waals surface area (Å²) in [7, 11) is -1.83. The summed E-state index contributed by atoms with van der Waals surface area (Å²) in [4.78, 5) is 12.5. The molecule has 1 atom stereocenters. The van der Waals surface area contributed by atoms with Gasteiger partial charge in [-0.15, -0.1) is 0 Å². The Hall–Kier alpha value is -2.74. The van der Waals surface area contributed by atoms with Gasteiger partial charge in [-0.25, -0.2) is 8.42 Å². The second kappa shape index (κ2) is 8.77. The number of amides is 1. The number of benzene rings is 2. The van der Waals surface area contributed by atoms with Crippen molar-refractivity contribution in [3.05, 3.63) is 53.6 Å². The van der Waals surface area contributed by atoms with Gasteiger partial charge in [0.1, 0.15) is 18.1 Å². The van der Waals surface area contributed by atoms with Crippen LogP contribution >= 0.6 is 0 Å². The molecule has 2 aromatic rings. The van der Waals surface area contributed by atoms with Gasteiger partial charge in [0.15, 0.2) is 0 Å². The van der Waals surface area contributed by atoms with E-state index in [-0.39, 0.29) is 11.9 Å². The molecule has 0 aromatic heterocycles. The third kappa shape index (κ3) is 6.18. The van der Waals surface area contributed by atoms with Crippen LogP contribution in [0.25, 0.3) is 0 Å². The van der Waals surface area contributed by atoms with Crippen molar-refractivity contribution in [1.82, 2.24) is 5.32 Å². The Labute approximate surface area is 159 Å². The van der Waals surface area contributed by atoms with Crippen molar-refractivity contribution in [3.8, 4) is 11.5 Å². The molecule has 1 amide bonds. The Bertz CT molecular complexity index is 895. The van der Waals surface area contributed by atoms with E-state index < -0.39 is 10.0 Å². The summed E-state index contributed by atoms with van der Waals surface area (Å²) in [5.41, 5.74) is 1.34. The lowest BCUT2D eigenvalue weighted by atomic mass is 10.1. The van der Waals surface area contributed by atoms with Gasteiger partial charge in [-0.2, -0.15) is 0 Å². The maximum Gasteiger partial charge on any atom is 0.251 e. The molecule has 2 N–H and O–H groups in total. The molecule has 0 fully saturated rings. The van der Waals surface area contributed by atoms with Crippen molar-refractivity contribution in [2.45, 2.75) is 19.9 Å². The average molecular weight is 392 g/mol. The van der Waals surface area contributed by atoms with Crippen LogP contribution in [0.2, 0.25) is 0 Å². The van der Waals surface area contributed by atoms with Crippen LogP contribution in [0.5, 0.6) is 11.5 Å². The number of hydrogen-bond donors (Lipinski definition) is 2. The third-order valence-corrected chi connectivity index (χ3v) is 4.40. The standard InChI is InChI=1S/C19H24N2O5S/c1-13(12-26-16-10-8-15(25-3)9-11-16)20-19(22)17-6-5-7-18(14(17)2)21-27(4,23)24/h5-11,13,21H,12H2,1-4H3,(H,20,22)/t13-/m1/s1. The maximum atomic E-state index is 12.5. The van der Waals surface area contributed by atoms with Crippen molar-refractivity contribution in [1.29, 1.82) is 0 Å². The summed E-state index contributed by atoms with van der Waals surface area (Å²) in [6, 6.07) is 11.8. The van der Waals surface area contributed by atoms with Crippen molar-refractivity contribution < 1.29 is 22.7 Å². The minimum atomic E-state index is -3.42. The fourth-order valence-corrected chi connectivity index (χ4v) is 3.05. The molecule has 0 saturated heterocycles. The Balaban J connectivity index is 1.98. The van der Waals surface area contributed by atoms with Crippen LogP contribution in [0.15, 0.2) is 42.5 Å². The molecular formula is C19H24N2O5S. The van der Waals surface area contributed by atoms with E-state index in [1.54, 1.807) is 56.5 Å². The first kappa shape index (κ1) is 20.6. The lowest BCUT2D eigenvalue weighted by molar-refractivity contribution is 0.0926. The lowest BCUT2D eigenvalue weighted by Gasteiger charge is -2.17. The highest BCUT2D eigenvalue weighted by Gasteiger charge is 2.16. The molecule has 0 unspecified atom stereocenters. The van der Waals surface area contributed by atoms with E-state index in [4.69, 9.17) is 9.47 Å². The van der Waals surface area contributed by atoms with Gasteiger partial charge in [0.25, 0.3) is 5.91 Å². The number of anilines is 1. The first-order valence-electron chi connectivity index (χ1n) is 8.34. The van der Waals surface area contributed by atoms with Crippen LogP contribution in [0.3, 0.4) is 0 Å². The third-order valence-electron chi connectivity index (χ3n) is 3.81. The van der Waals surface area contributed by atoms with E-state index in [0.29, 0.717) is 29.2 Å². The second-order valence-electron chi connectivity index (χ2n) is 6.21. The molecule has 8 heteroatoms. The van der Waals surface area contributed by atoms with E-state index in [9.17, 15) is 13.2 Å². The van der Waals surface area contributed by atoms with Crippen molar-refractivity contribution in [2.24, 2.45) is 0 Å². The maximum absolute atomic E-state index is 12.5. The van der Waals surface area contributed by atoms with Crippen LogP contribution < -0.4 is 19.5 Å². The quantitative estimate of drug-likeness (QED) is 0.720. The highest BCUT2D eigenvalue weighted by molar-refractivity contribution is 7.92. The van der Waals surface area contributed by atoms with E-state index in [1.165, 1.54) is 0 Å². The van der Waals surface area contributed by atoms with Gasteiger partial charge in [0.05, 0.1) is 25.1 Å². The van der Waals surface area contributed by atoms with E-state index in [2.05, 4.69) is 10.0 Å². The van der Waals surface area contributed by atoms with Gasteiger partial charge >= 0.3 is 0 Å². The van der Waals surface area contributed by atoms with Gasteiger partial charge < -0.3 is 14.8 Å². The summed E-state index contributed by atoms with van der Waals surface area (Å²) in [5.74, 6) is 1.12. The van der Waals surface area contributed by atoms with Crippen LogP contribution in [0, 0.1) is 6.92 Å². The fourth-order valence-electron chi connectivity index (χ4n) is 2.43. The number of hydrogen-bond acceptors (Lipinski definition) is 5. The van der Waals surface area contributed by atoms with Gasteiger partial charge in [0.2, 0.25) is 10.0 Å². The minimum Gasteiger partial charge on any atom is -0.497 e. The van der Waals surface area contributed by atoms with E-state index in [1.807, 2.05) is 6.92 Å². The number of nitrogens with one attached hydrogen (secondary N) is 2. The molecule has 7 nitrogen and oxygen atoms in total. The summed E-state index contributed by atoms with van der Waals surface area (Å²) in [6.45, 7) is 3.81. The largest absolute Gasteiger partial charge is 0.497 e. The normalized spacial score (nSPS) is 12.1. The zero-order valence-corrected chi connectivity index (χ0v) is 16.6. The van der Waals surface area contributed by atoms with Gasteiger partial charge in [-0.05, 0) is 55.8 Å². The topological polar surface area (TPSA) is 93.7 Å². The molecule has 0 heterocycles. The van der Waals surface area contributed by atoms with Gasteiger partial charge in [0, 0.05) is 5.56 Å². The predicted molar refractivity (Wildman–Crippen MR) is 105 cm³/mol. The molecule has 0 bridgehead atoms. The van der Waals surface area contributed by atoms with E-state index >= 15 is 0 Å². The SMILES string of the molecule is COc1ccc(OC[C@@H](C)NC(=O)c2cccc(NS(C)(=O)=O)c2C)cc1. The molecule has 2 rings (SSSR count). The predicted octanol–water partition coefficient (Wildman–Crippen LogP) is 2.57. The Kier molecular flexibility index (Phi) is 6.68. The molecular weight excluding hydrogens is 368 g/mol. The van der Waals surface area contributed by atoms with Gasteiger partial charge in [-0.1, -0.05) is 6.07 Å². The molecule has 0 aliphatic heterocycles. The van der Waals surface area contributed by atoms with Crippen molar-refractivity contribution >= 4 is 21.6 Å². The lowest BCUT2D eigenvalue weighted by Crippen LogP contribution is -2.37. The van der Waals surface area contributed by atoms with Crippen LogP contribution in [-0.2, 0) is 10.0 Å². The molecule has 0 saturated carbocycles. The average Bonchev–Trinajstić information content (AvgIpc) is 2.61. The number of carbonyl (C=O) groups excluding carboxylic acids is 1. The first-order valence-corrected chi connectivity index (χ1v) is 10.2. The minimum absolute atomic E-state index is 0.245. The summed E-state index contributed by atoms with van der Waals surface area (Å²) in [6.07, 6.45) is 1.07. The molecule has 27 heavy (non-hydrogen) atoms. The van der Waals surface area contributed by atoms with Crippen LogP contribution in [0.4, 0.5) is 5.69 Å². The zero-order chi connectivity index (χ0) is 20.0. The molecule has 0 radical (unpaired) electrons. The molecule has 0 aliphatic carbocycles. The molecule has 2 aromatic carbocycles. The van der Waals surface area contributed by atoms with E-state index in [0.717, 1.165) is 12.0 Å². The highest BCUT2D eigenvalue weighted by atomic mass is 32.2. The van der Waals surface area contributed by atoms with Crippen LogP contribution in [0.1, 0.15) is 22.8 Å². The Morgan fingerprint density at radius 1 is 1.11 bits per heavy atom. The van der Waals surface area contributed by atoms with Crippen molar-refractivity contribution in [3.63, 3.8) is 0 Å². The monoisotopic (exact) mass is 392 g/mol. The molecule has 0 spiro atoms. The Morgan fingerprint density at radius 2 is 1.74 bits per heavy atom. The number of ether oxygens (including phenoxy) is 2. The second-order valence-corrected chi connectivity index (χ2v) is 7.96. The summed E-state index contributed by atoms with van der Waals surface area (Å²) >= 11 is 0. The smallest absolute Gasteiger partial charge is 0.251 e. The highest BCUT2D eigenvalue weighted by Crippen LogP contribution is 2.20. The Morgan fingerprint density at radius 3 is 2.33 bits per heavy atom. The van der Waals surface area contributed by atoms with Crippen LogP contribution in [-0.4, -0.2) is 40.3 Å². The molecule has 0 aliphatic rings. The summed E-state index contributed by atoms with van der Waals surface area (Å²) < 4.78 is 36.0. The first-order chi connectivity index (χ1) is 12.7.